The van der Waals surface area contributed by atoms with E-state index in [1.54, 1.807) is 0 Å². The molecular formula is C15H28N2O. The molecule has 2 rings (SSSR count). The number of likely N-dealkylation sites (tertiary alicyclic amines) is 1. The van der Waals surface area contributed by atoms with Gasteiger partial charge in [-0.3, -0.25) is 4.79 Å². The highest BCUT2D eigenvalue weighted by Gasteiger charge is 2.34. The van der Waals surface area contributed by atoms with E-state index < -0.39 is 0 Å². The van der Waals surface area contributed by atoms with Gasteiger partial charge in [-0.1, -0.05) is 20.8 Å². The van der Waals surface area contributed by atoms with Crippen LogP contribution in [0.3, 0.4) is 0 Å². The molecule has 3 atom stereocenters. The standard InChI is InChI=1S/C15H28N2O/c1-11-6-12(9-15(2,3)8-11)7-14(18)17-5-4-13(16)10-17/h11-13H,4-10,16H2,1-3H3/t11?,12?,13-/m1/s1. The maximum Gasteiger partial charge on any atom is 0.222 e. The molecule has 1 saturated heterocycles. The minimum absolute atomic E-state index is 0.204. The Morgan fingerprint density at radius 3 is 2.67 bits per heavy atom. The first kappa shape index (κ1) is 13.9. The fraction of sp³-hybridized carbons (Fsp3) is 0.933. The molecule has 0 radical (unpaired) electrons. The van der Waals surface area contributed by atoms with Crippen LogP contribution in [-0.2, 0) is 4.79 Å². The lowest BCUT2D eigenvalue weighted by molar-refractivity contribution is -0.131. The molecule has 3 nitrogen and oxygen atoms in total. The molecule has 2 fully saturated rings. The lowest BCUT2D eigenvalue weighted by Crippen LogP contribution is -2.35. The zero-order chi connectivity index (χ0) is 13.3. The van der Waals surface area contributed by atoms with Crippen molar-refractivity contribution < 1.29 is 4.79 Å². The van der Waals surface area contributed by atoms with E-state index in [-0.39, 0.29) is 6.04 Å². The van der Waals surface area contributed by atoms with Crippen molar-refractivity contribution in [3.63, 3.8) is 0 Å². The van der Waals surface area contributed by atoms with Crippen LogP contribution in [0.15, 0.2) is 0 Å². The number of rotatable bonds is 2. The Labute approximate surface area is 111 Å². The van der Waals surface area contributed by atoms with Crippen molar-refractivity contribution in [2.45, 2.75) is 58.9 Å². The van der Waals surface area contributed by atoms with Crippen molar-refractivity contribution in [2.75, 3.05) is 13.1 Å². The Balaban J connectivity index is 1.87. The fourth-order valence-electron chi connectivity index (χ4n) is 4.09. The summed E-state index contributed by atoms with van der Waals surface area (Å²) in [4.78, 5) is 14.2. The number of amides is 1. The number of nitrogens with two attached hydrogens (primary N) is 1. The Bertz CT molecular complexity index is 314. The Kier molecular flexibility index (Phi) is 4.00. The van der Waals surface area contributed by atoms with E-state index >= 15 is 0 Å². The van der Waals surface area contributed by atoms with Crippen molar-refractivity contribution in [2.24, 2.45) is 23.0 Å². The molecule has 1 heterocycles. The number of carbonyl (C=O) groups excluding carboxylic acids is 1. The molecule has 2 N–H and O–H groups in total. The van der Waals surface area contributed by atoms with Gasteiger partial charge in [-0.05, 0) is 42.9 Å². The molecular weight excluding hydrogens is 224 g/mol. The summed E-state index contributed by atoms with van der Waals surface area (Å²) in [7, 11) is 0. The normalized spacial score (nSPS) is 35.8. The molecule has 1 aliphatic carbocycles. The van der Waals surface area contributed by atoms with E-state index in [4.69, 9.17) is 5.73 Å². The molecule has 0 spiro atoms. The van der Waals surface area contributed by atoms with Crippen LogP contribution in [0, 0.1) is 17.3 Å². The summed E-state index contributed by atoms with van der Waals surface area (Å²) < 4.78 is 0. The van der Waals surface area contributed by atoms with Gasteiger partial charge >= 0.3 is 0 Å². The number of carbonyl (C=O) groups is 1. The van der Waals surface area contributed by atoms with Crippen molar-refractivity contribution in [3.05, 3.63) is 0 Å². The van der Waals surface area contributed by atoms with Crippen molar-refractivity contribution in [1.82, 2.24) is 4.90 Å². The van der Waals surface area contributed by atoms with Crippen LogP contribution in [-0.4, -0.2) is 29.9 Å². The molecule has 2 aliphatic rings. The van der Waals surface area contributed by atoms with Crippen LogP contribution in [0.5, 0.6) is 0 Å². The van der Waals surface area contributed by atoms with Crippen LogP contribution >= 0.6 is 0 Å². The molecule has 3 heteroatoms. The van der Waals surface area contributed by atoms with Crippen LogP contribution in [0.1, 0.15) is 52.9 Å². The number of hydrogen-bond acceptors (Lipinski definition) is 2. The Morgan fingerprint density at radius 2 is 2.11 bits per heavy atom. The van der Waals surface area contributed by atoms with E-state index in [1.165, 1.54) is 19.3 Å². The van der Waals surface area contributed by atoms with Gasteiger partial charge in [0.1, 0.15) is 0 Å². The average molecular weight is 252 g/mol. The Morgan fingerprint density at radius 1 is 1.39 bits per heavy atom. The lowest BCUT2D eigenvalue weighted by Gasteiger charge is -2.39. The van der Waals surface area contributed by atoms with Crippen molar-refractivity contribution >= 4 is 5.91 Å². The molecule has 1 saturated carbocycles. The van der Waals surface area contributed by atoms with Crippen LogP contribution in [0.4, 0.5) is 0 Å². The summed E-state index contributed by atoms with van der Waals surface area (Å²) in [6.07, 6.45) is 5.42. The first-order chi connectivity index (χ1) is 8.35. The molecule has 18 heavy (non-hydrogen) atoms. The van der Waals surface area contributed by atoms with Gasteiger partial charge in [0, 0.05) is 25.6 Å². The molecule has 0 aromatic carbocycles. The summed E-state index contributed by atoms with van der Waals surface area (Å²) in [5, 5.41) is 0. The van der Waals surface area contributed by atoms with Gasteiger partial charge in [0.25, 0.3) is 0 Å². The van der Waals surface area contributed by atoms with Crippen molar-refractivity contribution in [3.8, 4) is 0 Å². The highest BCUT2D eigenvalue weighted by molar-refractivity contribution is 5.76. The summed E-state index contributed by atoms with van der Waals surface area (Å²) in [5.41, 5.74) is 6.27. The largest absolute Gasteiger partial charge is 0.341 e. The zero-order valence-electron chi connectivity index (χ0n) is 12.1. The Hall–Kier alpha value is -0.570. The van der Waals surface area contributed by atoms with E-state index in [2.05, 4.69) is 20.8 Å². The lowest BCUT2D eigenvalue weighted by atomic mass is 9.67. The first-order valence-electron chi connectivity index (χ1n) is 7.39. The number of hydrogen-bond donors (Lipinski definition) is 1. The second kappa shape index (κ2) is 5.20. The first-order valence-corrected chi connectivity index (χ1v) is 7.39. The molecule has 0 aromatic heterocycles. The van der Waals surface area contributed by atoms with Gasteiger partial charge in [-0.25, -0.2) is 0 Å². The minimum atomic E-state index is 0.204. The third-order valence-corrected chi connectivity index (χ3v) is 4.52. The summed E-state index contributed by atoms with van der Waals surface area (Å²) >= 11 is 0. The average Bonchev–Trinajstić information content (AvgIpc) is 2.61. The molecule has 1 aliphatic heterocycles. The van der Waals surface area contributed by atoms with E-state index in [1.807, 2.05) is 4.90 Å². The molecule has 1 amide bonds. The summed E-state index contributed by atoms with van der Waals surface area (Å²) in [6.45, 7) is 8.64. The third kappa shape index (κ3) is 3.47. The number of nitrogens with zero attached hydrogens (tertiary/aromatic N) is 1. The zero-order valence-corrected chi connectivity index (χ0v) is 12.1. The monoisotopic (exact) mass is 252 g/mol. The predicted octanol–water partition coefficient (Wildman–Crippen LogP) is 2.40. The maximum absolute atomic E-state index is 12.2. The minimum Gasteiger partial charge on any atom is -0.341 e. The van der Waals surface area contributed by atoms with Gasteiger partial charge in [0.15, 0.2) is 0 Å². The fourth-order valence-corrected chi connectivity index (χ4v) is 4.09. The SMILES string of the molecule is CC1CC(CC(=O)N2CC[C@@H](N)C2)CC(C)(C)C1. The van der Waals surface area contributed by atoms with Gasteiger partial charge in [-0.2, -0.15) is 0 Å². The second-order valence-corrected chi connectivity index (χ2v) is 7.37. The van der Waals surface area contributed by atoms with Gasteiger partial charge in [0.05, 0.1) is 0 Å². The predicted molar refractivity (Wildman–Crippen MR) is 74.1 cm³/mol. The quantitative estimate of drug-likeness (QED) is 0.820. The summed E-state index contributed by atoms with van der Waals surface area (Å²) in [5.74, 6) is 1.67. The van der Waals surface area contributed by atoms with Crippen molar-refractivity contribution in [1.29, 1.82) is 0 Å². The maximum atomic E-state index is 12.2. The third-order valence-electron chi connectivity index (χ3n) is 4.52. The van der Waals surface area contributed by atoms with Gasteiger partial charge in [0.2, 0.25) is 5.91 Å². The van der Waals surface area contributed by atoms with E-state index in [0.717, 1.165) is 31.8 Å². The molecule has 0 bridgehead atoms. The van der Waals surface area contributed by atoms with Gasteiger partial charge in [-0.15, -0.1) is 0 Å². The van der Waals surface area contributed by atoms with Crippen LogP contribution < -0.4 is 5.73 Å². The van der Waals surface area contributed by atoms with E-state index in [9.17, 15) is 4.79 Å². The highest BCUT2D eigenvalue weighted by Crippen LogP contribution is 2.43. The second-order valence-electron chi connectivity index (χ2n) is 7.37. The smallest absolute Gasteiger partial charge is 0.222 e. The topological polar surface area (TPSA) is 46.3 Å². The highest BCUT2D eigenvalue weighted by atomic mass is 16.2. The molecule has 2 unspecified atom stereocenters. The summed E-state index contributed by atoms with van der Waals surface area (Å²) in [6, 6.07) is 0.204. The van der Waals surface area contributed by atoms with Crippen LogP contribution in [0.25, 0.3) is 0 Å². The van der Waals surface area contributed by atoms with E-state index in [0.29, 0.717) is 17.2 Å². The molecule has 0 aromatic rings. The van der Waals surface area contributed by atoms with Crippen LogP contribution in [0.2, 0.25) is 0 Å². The van der Waals surface area contributed by atoms with Gasteiger partial charge < -0.3 is 10.6 Å². The molecule has 104 valence electrons.